The Morgan fingerprint density at radius 2 is 1.87 bits per heavy atom. The average molecular weight is 415 g/mol. The number of benzene rings is 1. The minimum atomic E-state index is -0.360. The number of carbonyl (C=O) groups is 1. The Morgan fingerprint density at radius 1 is 1.06 bits per heavy atom. The number of hydrogen-bond donors (Lipinski definition) is 3. The zero-order valence-electron chi connectivity index (χ0n) is 17.1. The molecule has 0 saturated carbocycles. The molecular formula is C22H21N7O2. The summed E-state index contributed by atoms with van der Waals surface area (Å²) < 4.78 is 5.25. The van der Waals surface area contributed by atoms with E-state index >= 15 is 0 Å². The van der Waals surface area contributed by atoms with E-state index in [1.54, 1.807) is 36.7 Å². The van der Waals surface area contributed by atoms with Crippen molar-refractivity contribution in [2.24, 2.45) is 0 Å². The molecule has 0 unspecified atom stereocenters. The lowest BCUT2D eigenvalue weighted by molar-refractivity contribution is 0.101. The number of pyridine rings is 1. The van der Waals surface area contributed by atoms with Gasteiger partial charge in [-0.25, -0.2) is 4.98 Å². The summed E-state index contributed by atoms with van der Waals surface area (Å²) in [5.74, 6) is 1.38. The molecular weight excluding hydrogens is 394 g/mol. The molecule has 0 saturated heterocycles. The van der Waals surface area contributed by atoms with E-state index in [2.05, 4.69) is 36.1 Å². The van der Waals surface area contributed by atoms with Crippen molar-refractivity contribution in [1.29, 1.82) is 0 Å². The third kappa shape index (κ3) is 5.02. The standard InChI is InChI=1S/C22H21N7O2/c1-3-24-22-25-14(2)11-20(28-22)26-16-6-8-17(9-7-16)27-21(30)18-12-19(31-29-18)15-5-4-10-23-13-15/h4-13H,3H2,1-2H3,(H,27,30)(H2,24,25,26,28). The number of hydrogen-bond acceptors (Lipinski definition) is 8. The third-order valence-corrected chi connectivity index (χ3v) is 4.29. The Labute approximate surface area is 178 Å². The fourth-order valence-electron chi connectivity index (χ4n) is 2.88. The van der Waals surface area contributed by atoms with E-state index in [1.165, 1.54) is 0 Å². The largest absolute Gasteiger partial charge is 0.355 e. The smallest absolute Gasteiger partial charge is 0.277 e. The van der Waals surface area contributed by atoms with Crippen molar-refractivity contribution in [3.8, 4) is 11.3 Å². The lowest BCUT2D eigenvalue weighted by Gasteiger charge is -2.10. The summed E-state index contributed by atoms with van der Waals surface area (Å²) >= 11 is 0. The monoisotopic (exact) mass is 415 g/mol. The van der Waals surface area contributed by atoms with Crippen molar-refractivity contribution in [3.05, 3.63) is 72.3 Å². The van der Waals surface area contributed by atoms with Crippen molar-refractivity contribution in [2.45, 2.75) is 13.8 Å². The fourth-order valence-corrected chi connectivity index (χ4v) is 2.88. The molecule has 0 spiro atoms. The van der Waals surface area contributed by atoms with Crippen molar-refractivity contribution in [2.75, 3.05) is 22.5 Å². The Kier molecular flexibility index (Phi) is 5.84. The van der Waals surface area contributed by atoms with Crippen LogP contribution in [0.3, 0.4) is 0 Å². The quantitative estimate of drug-likeness (QED) is 0.410. The molecule has 1 amide bonds. The number of rotatable bonds is 7. The van der Waals surface area contributed by atoms with E-state index in [-0.39, 0.29) is 11.6 Å². The van der Waals surface area contributed by atoms with Gasteiger partial charge in [0.25, 0.3) is 5.91 Å². The molecule has 0 aliphatic rings. The first-order valence-electron chi connectivity index (χ1n) is 9.76. The van der Waals surface area contributed by atoms with E-state index in [4.69, 9.17) is 4.52 Å². The molecule has 9 heteroatoms. The molecule has 9 nitrogen and oxygen atoms in total. The van der Waals surface area contributed by atoms with Crippen LogP contribution in [0.25, 0.3) is 11.3 Å². The average Bonchev–Trinajstić information content (AvgIpc) is 3.26. The van der Waals surface area contributed by atoms with Gasteiger partial charge in [-0.2, -0.15) is 4.98 Å². The van der Waals surface area contributed by atoms with Gasteiger partial charge >= 0.3 is 0 Å². The van der Waals surface area contributed by atoms with Gasteiger partial charge in [0.15, 0.2) is 11.5 Å². The molecule has 156 valence electrons. The van der Waals surface area contributed by atoms with E-state index in [0.717, 1.165) is 23.5 Å². The normalized spacial score (nSPS) is 10.5. The van der Waals surface area contributed by atoms with Gasteiger partial charge in [0.05, 0.1) is 0 Å². The van der Waals surface area contributed by atoms with Crippen molar-refractivity contribution >= 4 is 29.0 Å². The highest BCUT2D eigenvalue weighted by Crippen LogP contribution is 2.21. The molecule has 0 radical (unpaired) electrons. The third-order valence-electron chi connectivity index (χ3n) is 4.29. The van der Waals surface area contributed by atoms with Crippen molar-refractivity contribution in [1.82, 2.24) is 20.1 Å². The zero-order valence-corrected chi connectivity index (χ0v) is 17.1. The highest BCUT2D eigenvalue weighted by Gasteiger charge is 2.14. The molecule has 0 aliphatic heterocycles. The van der Waals surface area contributed by atoms with Gasteiger partial charge in [0, 0.05) is 53.7 Å². The van der Waals surface area contributed by atoms with E-state index < -0.39 is 0 Å². The molecule has 3 N–H and O–H groups in total. The minimum absolute atomic E-state index is 0.188. The van der Waals surface area contributed by atoms with Gasteiger partial charge < -0.3 is 20.5 Å². The van der Waals surface area contributed by atoms with Crippen LogP contribution < -0.4 is 16.0 Å². The maximum absolute atomic E-state index is 12.5. The first-order valence-corrected chi connectivity index (χ1v) is 9.76. The Hall–Kier alpha value is -4.27. The van der Waals surface area contributed by atoms with Gasteiger partial charge in [-0.1, -0.05) is 5.16 Å². The Bertz CT molecular complexity index is 1170. The highest BCUT2D eigenvalue weighted by atomic mass is 16.5. The molecule has 0 atom stereocenters. The molecule has 0 fully saturated rings. The van der Waals surface area contributed by atoms with Crippen molar-refractivity contribution < 1.29 is 9.32 Å². The second kappa shape index (κ2) is 9.04. The Balaban J connectivity index is 1.41. The predicted molar refractivity (Wildman–Crippen MR) is 118 cm³/mol. The maximum atomic E-state index is 12.5. The number of nitrogens with zero attached hydrogens (tertiary/aromatic N) is 4. The van der Waals surface area contributed by atoms with Gasteiger partial charge in [0.1, 0.15) is 5.82 Å². The summed E-state index contributed by atoms with van der Waals surface area (Å²) in [5, 5.41) is 13.0. The number of aromatic nitrogens is 4. The summed E-state index contributed by atoms with van der Waals surface area (Å²) in [6.45, 7) is 4.65. The van der Waals surface area contributed by atoms with Crippen LogP contribution >= 0.6 is 0 Å². The lowest BCUT2D eigenvalue weighted by atomic mass is 10.2. The minimum Gasteiger partial charge on any atom is -0.355 e. The summed E-state index contributed by atoms with van der Waals surface area (Å²) in [6.07, 6.45) is 3.31. The molecule has 3 aromatic heterocycles. The second-order valence-corrected chi connectivity index (χ2v) is 6.72. The van der Waals surface area contributed by atoms with E-state index in [1.807, 2.05) is 38.1 Å². The number of aryl methyl sites for hydroxylation is 1. The SMILES string of the molecule is CCNc1nc(C)cc(Nc2ccc(NC(=O)c3cc(-c4cccnc4)on3)cc2)n1. The van der Waals surface area contributed by atoms with Crippen LogP contribution in [0.2, 0.25) is 0 Å². The van der Waals surface area contributed by atoms with Crippen LogP contribution in [0.5, 0.6) is 0 Å². The highest BCUT2D eigenvalue weighted by molar-refractivity contribution is 6.03. The van der Waals surface area contributed by atoms with Crippen LogP contribution in [0.4, 0.5) is 23.1 Å². The molecule has 0 bridgehead atoms. The molecule has 4 aromatic rings. The van der Waals surface area contributed by atoms with Crippen LogP contribution in [0, 0.1) is 6.92 Å². The summed E-state index contributed by atoms with van der Waals surface area (Å²) in [5.41, 5.74) is 3.26. The Morgan fingerprint density at radius 3 is 2.61 bits per heavy atom. The number of nitrogens with one attached hydrogen (secondary N) is 3. The topological polar surface area (TPSA) is 118 Å². The number of anilines is 4. The van der Waals surface area contributed by atoms with Gasteiger partial charge in [-0.15, -0.1) is 0 Å². The lowest BCUT2D eigenvalue weighted by Crippen LogP contribution is -2.12. The molecule has 1 aromatic carbocycles. The van der Waals surface area contributed by atoms with Crippen LogP contribution in [-0.4, -0.2) is 32.6 Å². The van der Waals surface area contributed by atoms with Crippen LogP contribution in [0.1, 0.15) is 23.1 Å². The van der Waals surface area contributed by atoms with Gasteiger partial charge in [-0.05, 0) is 50.2 Å². The summed E-state index contributed by atoms with van der Waals surface area (Å²) in [7, 11) is 0. The molecule has 31 heavy (non-hydrogen) atoms. The maximum Gasteiger partial charge on any atom is 0.277 e. The number of amides is 1. The number of carbonyl (C=O) groups excluding carboxylic acids is 1. The van der Waals surface area contributed by atoms with Crippen molar-refractivity contribution in [3.63, 3.8) is 0 Å². The first-order chi connectivity index (χ1) is 15.1. The zero-order chi connectivity index (χ0) is 21.6. The van der Waals surface area contributed by atoms with Gasteiger partial charge in [-0.3, -0.25) is 9.78 Å². The van der Waals surface area contributed by atoms with E-state index in [9.17, 15) is 4.79 Å². The predicted octanol–water partition coefficient (Wildman–Crippen LogP) is 4.26. The molecule has 0 aliphatic carbocycles. The first kappa shape index (κ1) is 20.0. The summed E-state index contributed by atoms with van der Waals surface area (Å²) in [4.78, 5) is 25.3. The van der Waals surface area contributed by atoms with Gasteiger partial charge in [0.2, 0.25) is 5.95 Å². The van der Waals surface area contributed by atoms with Crippen LogP contribution in [0.15, 0.2) is 65.4 Å². The second-order valence-electron chi connectivity index (χ2n) is 6.72. The fraction of sp³-hybridized carbons (Fsp3) is 0.136. The van der Waals surface area contributed by atoms with Crippen LogP contribution in [-0.2, 0) is 0 Å². The molecule has 3 heterocycles. The van der Waals surface area contributed by atoms with E-state index in [0.29, 0.717) is 23.2 Å². The summed E-state index contributed by atoms with van der Waals surface area (Å²) in [6, 6.07) is 14.4. The molecule has 4 rings (SSSR count).